The summed E-state index contributed by atoms with van der Waals surface area (Å²) >= 11 is 0. The van der Waals surface area contributed by atoms with Gasteiger partial charge in [0.2, 0.25) is 0 Å². The van der Waals surface area contributed by atoms with E-state index in [0.717, 1.165) is 40.0 Å². The monoisotopic (exact) mass is 359 g/mol. The van der Waals surface area contributed by atoms with Crippen LogP contribution in [0.2, 0.25) is 0 Å². The molecule has 0 saturated carbocycles. The molecule has 4 rings (SSSR count). The summed E-state index contributed by atoms with van der Waals surface area (Å²) in [6, 6.07) is 14.1. The van der Waals surface area contributed by atoms with Gasteiger partial charge in [-0.3, -0.25) is 0 Å². The Morgan fingerprint density at radius 3 is 3.00 bits per heavy atom. The van der Waals surface area contributed by atoms with Crippen LogP contribution in [-0.2, 0) is 25.9 Å². The minimum absolute atomic E-state index is 0.0940. The maximum atomic E-state index is 12.6. The molecule has 0 radical (unpaired) electrons. The fourth-order valence-electron chi connectivity index (χ4n) is 3.69. The third-order valence-corrected chi connectivity index (χ3v) is 5.09. The summed E-state index contributed by atoms with van der Waals surface area (Å²) in [5, 5.41) is 11.9. The number of aryl methyl sites for hydroxylation is 1. The summed E-state index contributed by atoms with van der Waals surface area (Å²) in [7, 11) is 0. The number of hydrogen-bond donors (Lipinski definition) is 2. The molecule has 6 heteroatoms. The minimum Gasteiger partial charge on any atom is -0.340 e. The van der Waals surface area contributed by atoms with Crippen LogP contribution in [-0.4, -0.2) is 27.4 Å². The van der Waals surface area contributed by atoms with Gasteiger partial charge < -0.3 is 15.2 Å². The number of hydrogen-bond acceptors (Lipinski definition) is 3. The number of nitriles is 1. The molecule has 27 heavy (non-hydrogen) atoms. The van der Waals surface area contributed by atoms with Gasteiger partial charge >= 0.3 is 6.03 Å². The highest BCUT2D eigenvalue weighted by Crippen LogP contribution is 2.23. The predicted molar refractivity (Wildman–Crippen MR) is 103 cm³/mol. The maximum Gasteiger partial charge on any atom is 0.318 e. The largest absolute Gasteiger partial charge is 0.340 e. The van der Waals surface area contributed by atoms with Crippen molar-refractivity contribution < 1.29 is 4.79 Å². The molecule has 2 N–H and O–H groups in total. The van der Waals surface area contributed by atoms with E-state index in [1.165, 1.54) is 5.56 Å². The zero-order valence-corrected chi connectivity index (χ0v) is 15.2. The number of urea groups is 1. The zero-order chi connectivity index (χ0) is 18.8. The van der Waals surface area contributed by atoms with Gasteiger partial charge in [0, 0.05) is 13.1 Å². The Hall–Kier alpha value is -3.33. The van der Waals surface area contributed by atoms with Crippen LogP contribution in [0.3, 0.4) is 0 Å². The van der Waals surface area contributed by atoms with E-state index in [4.69, 9.17) is 5.26 Å². The van der Waals surface area contributed by atoms with Gasteiger partial charge in [-0.25, -0.2) is 9.78 Å². The quantitative estimate of drug-likeness (QED) is 0.753. The van der Waals surface area contributed by atoms with E-state index in [2.05, 4.69) is 21.4 Å². The number of H-pyrrole nitrogens is 1. The van der Waals surface area contributed by atoms with Gasteiger partial charge in [0.15, 0.2) is 0 Å². The molecule has 0 bridgehead atoms. The van der Waals surface area contributed by atoms with E-state index in [-0.39, 0.29) is 6.03 Å². The molecule has 1 aromatic heterocycles. The minimum atomic E-state index is -0.0940. The van der Waals surface area contributed by atoms with Gasteiger partial charge in [0.1, 0.15) is 5.82 Å². The molecule has 3 aromatic rings. The third-order valence-electron chi connectivity index (χ3n) is 5.09. The second-order valence-corrected chi connectivity index (χ2v) is 6.87. The van der Waals surface area contributed by atoms with Crippen LogP contribution in [0.5, 0.6) is 0 Å². The highest BCUT2D eigenvalue weighted by Gasteiger charge is 2.22. The first kappa shape index (κ1) is 17.1. The van der Waals surface area contributed by atoms with Gasteiger partial charge in [-0.2, -0.15) is 5.26 Å². The molecule has 1 aliphatic heterocycles. The maximum absolute atomic E-state index is 12.6. The fourth-order valence-corrected chi connectivity index (χ4v) is 3.69. The van der Waals surface area contributed by atoms with Crippen molar-refractivity contribution in [1.82, 2.24) is 20.2 Å². The number of carbonyl (C=O) groups is 1. The summed E-state index contributed by atoms with van der Waals surface area (Å²) in [6.07, 6.45) is 1.20. The highest BCUT2D eigenvalue weighted by molar-refractivity contribution is 5.79. The molecule has 0 saturated heterocycles. The van der Waals surface area contributed by atoms with Crippen LogP contribution in [0.4, 0.5) is 4.79 Å². The fraction of sp³-hybridized carbons (Fsp3) is 0.286. The van der Waals surface area contributed by atoms with E-state index in [9.17, 15) is 4.79 Å². The number of para-hydroxylation sites is 1. The number of imidazole rings is 1. The lowest BCUT2D eigenvalue weighted by atomic mass is 9.93. The Bertz CT molecular complexity index is 1050. The van der Waals surface area contributed by atoms with E-state index in [1.807, 2.05) is 48.2 Å². The number of nitrogens with one attached hydrogen (secondary N) is 2. The van der Waals surface area contributed by atoms with E-state index >= 15 is 0 Å². The first-order chi connectivity index (χ1) is 13.2. The number of benzene rings is 2. The SMILES string of the molecule is Cc1cccc2[nH]c(CNC(=O)N3CCc4c(CC#N)cccc4C3)nc12. The van der Waals surface area contributed by atoms with Gasteiger partial charge in [-0.15, -0.1) is 0 Å². The molecule has 0 spiro atoms. The van der Waals surface area contributed by atoms with Crippen LogP contribution >= 0.6 is 0 Å². The van der Waals surface area contributed by atoms with Crippen molar-refractivity contribution in [1.29, 1.82) is 5.26 Å². The summed E-state index contributed by atoms with van der Waals surface area (Å²) < 4.78 is 0. The number of fused-ring (bicyclic) bond motifs is 2. The number of amides is 2. The molecule has 6 nitrogen and oxygen atoms in total. The summed E-state index contributed by atoms with van der Waals surface area (Å²) in [6.45, 7) is 3.61. The van der Waals surface area contributed by atoms with Crippen LogP contribution in [0, 0.1) is 18.3 Å². The van der Waals surface area contributed by atoms with Crippen LogP contribution in [0.1, 0.15) is 28.1 Å². The van der Waals surface area contributed by atoms with Gasteiger partial charge in [-0.1, -0.05) is 30.3 Å². The molecular formula is C21H21N5O. The number of aromatic nitrogens is 2. The van der Waals surface area contributed by atoms with Crippen LogP contribution < -0.4 is 5.32 Å². The first-order valence-electron chi connectivity index (χ1n) is 9.09. The molecule has 1 aliphatic rings. The van der Waals surface area contributed by atoms with Crippen molar-refractivity contribution in [3.05, 3.63) is 64.5 Å². The molecule has 136 valence electrons. The molecule has 2 amide bonds. The zero-order valence-electron chi connectivity index (χ0n) is 15.2. The Labute approximate surface area is 157 Å². The highest BCUT2D eigenvalue weighted by atomic mass is 16.2. The summed E-state index contributed by atoms with van der Waals surface area (Å²) in [5.74, 6) is 0.751. The van der Waals surface area contributed by atoms with Gasteiger partial charge in [-0.05, 0) is 41.7 Å². The number of rotatable bonds is 3. The predicted octanol–water partition coefficient (Wildman–Crippen LogP) is 3.21. The lowest BCUT2D eigenvalue weighted by Crippen LogP contribution is -2.42. The number of aromatic amines is 1. The first-order valence-corrected chi connectivity index (χ1v) is 9.09. The van der Waals surface area contributed by atoms with Crippen LogP contribution in [0.15, 0.2) is 36.4 Å². The lowest BCUT2D eigenvalue weighted by molar-refractivity contribution is 0.191. The van der Waals surface area contributed by atoms with Crippen LogP contribution in [0.25, 0.3) is 11.0 Å². The van der Waals surface area contributed by atoms with Crippen molar-refractivity contribution in [2.24, 2.45) is 0 Å². The molecule has 2 aromatic carbocycles. The summed E-state index contributed by atoms with van der Waals surface area (Å²) in [4.78, 5) is 22.2. The normalized spacial score (nSPS) is 13.3. The van der Waals surface area contributed by atoms with Crippen molar-refractivity contribution >= 4 is 17.1 Å². The average molecular weight is 359 g/mol. The number of carbonyl (C=O) groups excluding carboxylic acids is 1. The molecule has 0 unspecified atom stereocenters. The van der Waals surface area contributed by atoms with E-state index in [1.54, 1.807) is 0 Å². The van der Waals surface area contributed by atoms with Crippen molar-refractivity contribution in [2.75, 3.05) is 6.54 Å². The van der Waals surface area contributed by atoms with E-state index < -0.39 is 0 Å². The molecular weight excluding hydrogens is 338 g/mol. The smallest absolute Gasteiger partial charge is 0.318 e. The Morgan fingerprint density at radius 2 is 2.19 bits per heavy atom. The Kier molecular flexibility index (Phi) is 4.51. The molecule has 2 heterocycles. The van der Waals surface area contributed by atoms with Crippen molar-refractivity contribution in [2.45, 2.75) is 32.9 Å². The topological polar surface area (TPSA) is 84.8 Å². The van der Waals surface area contributed by atoms with Gasteiger partial charge in [0.05, 0.1) is 30.1 Å². The lowest BCUT2D eigenvalue weighted by Gasteiger charge is -2.30. The third kappa shape index (κ3) is 3.36. The molecule has 0 aliphatic carbocycles. The average Bonchev–Trinajstić information content (AvgIpc) is 3.11. The Morgan fingerprint density at radius 1 is 1.33 bits per heavy atom. The number of nitrogens with zero attached hydrogens (tertiary/aromatic N) is 3. The Balaban J connectivity index is 1.42. The molecule has 0 atom stereocenters. The van der Waals surface area contributed by atoms with E-state index in [0.29, 0.717) is 26.1 Å². The van der Waals surface area contributed by atoms with Crippen molar-refractivity contribution in [3.63, 3.8) is 0 Å². The summed E-state index contributed by atoms with van der Waals surface area (Å²) in [5.41, 5.74) is 6.46. The van der Waals surface area contributed by atoms with Gasteiger partial charge in [0.25, 0.3) is 0 Å². The molecule has 0 fully saturated rings. The second-order valence-electron chi connectivity index (χ2n) is 6.87. The van der Waals surface area contributed by atoms with Crippen molar-refractivity contribution in [3.8, 4) is 6.07 Å². The second kappa shape index (κ2) is 7.12. The standard InChI is InChI=1S/C21H21N5O/c1-14-4-2-7-18-20(14)25-19(24-18)12-23-21(27)26-11-9-17-15(8-10-22)5-3-6-16(17)13-26/h2-7H,8-9,11-13H2,1H3,(H,23,27)(H,24,25).